The maximum Gasteiger partial charge on any atom is 0.240 e. The zero-order chi connectivity index (χ0) is 20.8. The van der Waals surface area contributed by atoms with Crippen molar-refractivity contribution < 1.29 is 24.2 Å². The number of carbonyl (C=O) groups is 3. The van der Waals surface area contributed by atoms with Crippen molar-refractivity contribution in [1.82, 2.24) is 10.2 Å². The van der Waals surface area contributed by atoms with Gasteiger partial charge in [0, 0.05) is 51.7 Å². The number of aliphatic hydroxyl groups excluding tert-OH is 1. The monoisotopic (exact) mass is 390 g/mol. The largest absolute Gasteiger partial charge is 0.396 e. The van der Waals surface area contributed by atoms with E-state index in [1.807, 2.05) is 19.9 Å². The van der Waals surface area contributed by atoms with E-state index in [1.165, 1.54) is 4.90 Å². The van der Waals surface area contributed by atoms with Gasteiger partial charge in [0.2, 0.25) is 17.7 Å². The molecule has 154 valence electrons. The summed E-state index contributed by atoms with van der Waals surface area (Å²) in [5.74, 6) is -0.921. The standard InChI is InChI=1S/C21H30N2O5/c1-20(2,15-24)14-22-17(25)12-21(16-8-5-4-6-9-16)13-18(26)23(19(21)27)10-7-11-28-3/h4-6,8-9,24H,7,10-15H2,1-3H3,(H,22,25). The van der Waals surface area contributed by atoms with Crippen LogP contribution < -0.4 is 5.32 Å². The first-order valence-corrected chi connectivity index (χ1v) is 9.52. The van der Waals surface area contributed by atoms with E-state index in [0.29, 0.717) is 18.6 Å². The van der Waals surface area contributed by atoms with Crippen molar-refractivity contribution in [2.75, 3.05) is 33.4 Å². The van der Waals surface area contributed by atoms with Gasteiger partial charge in [0.1, 0.15) is 0 Å². The van der Waals surface area contributed by atoms with Crippen LogP contribution in [-0.2, 0) is 24.5 Å². The molecule has 0 bridgehead atoms. The fourth-order valence-electron chi connectivity index (χ4n) is 3.35. The average Bonchev–Trinajstić information content (AvgIpc) is 2.92. The molecule has 0 saturated carbocycles. The molecule has 3 amide bonds. The molecule has 28 heavy (non-hydrogen) atoms. The Morgan fingerprint density at radius 2 is 1.96 bits per heavy atom. The smallest absolute Gasteiger partial charge is 0.240 e. The van der Waals surface area contributed by atoms with Crippen LogP contribution in [0.4, 0.5) is 0 Å². The van der Waals surface area contributed by atoms with E-state index in [9.17, 15) is 19.5 Å². The number of likely N-dealkylation sites (tertiary alicyclic amines) is 1. The first kappa shape index (κ1) is 22.0. The minimum atomic E-state index is -1.20. The lowest BCUT2D eigenvalue weighted by Crippen LogP contribution is -2.44. The number of carbonyl (C=O) groups excluding carboxylic acids is 3. The summed E-state index contributed by atoms with van der Waals surface area (Å²) >= 11 is 0. The first-order valence-electron chi connectivity index (χ1n) is 9.52. The summed E-state index contributed by atoms with van der Waals surface area (Å²) in [6, 6.07) is 9.01. The molecule has 1 atom stereocenters. The topological polar surface area (TPSA) is 95.9 Å². The van der Waals surface area contributed by atoms with Crippen molar-refractivity contribution >= 4 is 17.7 Å². The zero-order valence-corrected chi connectivity index (χ0v) is 16.9. The number of nitrogens with one attached hydrogen (secondary N) is 1. The Morgan fingerprint density at radius 1 is 1.29 bits per heavy atom. The number of hydrogen-bond donors (Lipinski definition) is 2. The number of hydrogen-bond acceptors (Lipinski definition) is 5. The van der Waals surface area contributed by atoms with Gasteiger partial charge in [0.15, 0.2) is 0 Å². The van der Waals surface area contributed by atoms with E-state index in [0.717, 1.165) is 0 Å². The number of amides is 3. The van der Waals surface area contributed by atoms with E-state index in [1.54, 1.807) is 31.4 Å². The number of imide groups is 1. The molecule has 1 aromatic rings. The molecule has 1 unspecified atom stereocenters. The molecule has 7 heteroatoms. The number of nitrogens with zero attached hydrogens (tertiary/aromatic N) is 1. The number of aliphatic hydroxyl groups is 1. The van der Waals surface area contributed by atoms with Crippen molar-refractivity contribution in [3.8, 4) is 0 Å². The van der Waals surface area contributed by atoms with Crippen LogP contribution in [0.5, 0.6) is 0 Å². The highest BCUT2D eigenvalue weighted by atomic mass is 16.5. The van der Waals surface area contributed by atoms with E-state index in [4.69, 9.17) is 4.74 Å². The first-order chi connectivity index (χ1) is 13.3. The van der Waals surface area contributed by atoms with Crippen LogP contribution in [0, 0.1) is 5.41 Å². The molecule has 1 fully saturated rings. The van der Waals surface area contributed by atoms with Gasteiger partial charge in [-0.3, -0.25) is 19.3 Å². The minimum absolute atomic E-state index is 0.0281. The predicted molar refractivity (Wildman–Crippen MR) is 104 cm³/mol. The highest BCUT2D eigenvalue weighted by molar-refractivity contribution is 6.10. The van der Waals surface area contributed by atoms with Crippen LogP contribution in [-0.4, -0.2) is 61.1 Å². The molecule has 2 rings (SSSR count). The van der Waals surface area contributed by atoms with Crippen LogP contribution in [0.25, 0.3) is 0 Å². The van der Waals surface area contributed by atoms with E-state index in [-0.39, 0.29) is 50.3 Å². The van der Waals surface area contributed by atoms with E-state index < -0.39 is 10.8 Å². The van der Waals surface area contributed by atoms with E-state index in [2.05, 4.69) is 5.32 Å². The fraction of sp³-hybridized carbons (Fsp3) is 0.571. The third kappa shape index (κ3) is 4.97. The quantitative estimate of drug-likeness (QED) is 0.463. The Labute approximate surface area is 166 Å². The second kappa shape index (κ2) is 9.30. The third-order valence-electron chi connectivity index (χ3n) is 5.12. The Balaban J connectivity index is 2.24. The fourth-order valence-corrected chi connectivity index (χ4v) is 3.35. The molecular formula is C21H30N2O5. The van der Waals surface area contributed by atoms with Crippen molar-refractivity contribution in [2.45, 2.75) is 38.5 Å². The molecule has 2 N–H and O–H groups in total. The molecular weight excluding hydrogens is 360 g/mol. The van der Waals surface area contributed by atoms with Crippen LogP contribution in [0.3, 0.4) is 0 Å². The minimum Gasteiger partial charge on any atom is -0.396 e. The molecule has 0 aliphatic carbocycles. The summed E-state index contributed by atoms with van der Waals surface area (Å²) in [5.41, 5.74) is -0.991. The van der Waals surface area contributed by atoms with Crippen LogP contribution >= 0.6 is 0 Å². The lowest BCUT2D eigenvalue weighted by molar-refractivity contribution is -0.141. The molecule has 7 nitrogen and oxygen atoms in total. The summed E-state index contributed by atoms with van der Waals surface area (Å²) in [4.78, 5) is 39.8. The third-order valence-corrected chi connectivity index (χ3v) is 5.12. The number of ether oxygens (including phenoxy) is 1. The number of methoxy groups -OCH3 is 1. The average molecular weight is 390 g/mol. The summed E-state index contributed by atoms with van der Waals surface area (Å²) in [6.45, 7) is 4.62. The summed E-state index contributed by atoms with van der Waals surface area (Å²) in [5, 5.41) is 12.2. The predicted octanol–water partition coefficient (Wildman–Crippen LogP) is 1.24. The summed E-state index contributed by atoms with van der Waals surface area (Å²) in [7, 11) is 1.57. The van der Waals surface area contributed by atoms with Crippen molar-refractivity contribution in [3.63, 3.8) is 0 Å². The maximum absolute atomic E-state index is 13.3. The Bertz CT molecular complexity index is 704. The van der Waals surface area contributed by atoms with Gasteiger partial charge >= 0.3 is 0 Å². The van der Waals surface area contributed by atoms with Gasteiger partial charge in [-0.1, -0.05) is 44.2 Å². The maximum atomic E-state index is 13.3. The molecule has 1 saturated heterocycles. The highest BCUT2D eigenvalue weighted by Gasteiger charge is 2.53. The van der Waals surface area contributed by atoms with Gasteiger partial charge in [-0.25, -0.2) is 0 Å². The molecule has 1 aromatic carbocycles. The lowest BCUT2D eigenvalue weighted by Gasteiger charge is -2.28. The highest BCUT2D eigenvalue weighted by Crippen LogP contribution is 2.39. The molecule has 1 aliphatic rings. The Kier molecular flexibility index (Phi) is 7.32. The SMILES string of the molecule is COCCCN1C(=O)CC(CC(=O)NCC(C)(C)CO)(c2ccccc2)C1=O. The number of benzene rings is 1. The summed E-state index contributed by atoms with van der Waals surface area (Å²) in [6.07, 6.45) is 0.416. The lowest BCUT2D eigenvalue weighted by atomic mass is 9.75. The number of rotatable bonds is 10. The second-order valence-corrected chi connectivity index (χ2v) is 8.10. The Hall–Kier alpha value is -2.25. The van der Waals surface area contributed by atoms with Crippen molar-refractivity contribution in [2.24, 2.45) is 5.41 Å². The van der Waals surface area contributed by atoms with Crippen LogP contribution in [0.15, 0.2) is 30.3 Å². The van der Waals surface area contributed by atoms with Gasteiger partial charge in [0.05, 0.1) is 5.41 Å². The van der Waals surface area contributed by atoms with Gasteiger partial charge in [-0.05, 0) is 12.0 Å². The molecule has 0 spiro atoms. The van der Waals surface area contributed by atoms with Crippen molar-refractivity contribution in [3.05, 3.63) is 35.9 Å². The summed E-state index contributed by atoms with van der Waals surface area (Å²) < 4.78 is 5.01. The molecule has 0 aromatic heterocycles. The normalized spacial score (nSPS) is 19.9. The van der Waals surface area contributed by atoms with E-state index >= 15 is 0 Å². The Morgan fingerprint density at radius 3 is 2.57 bits per heavy atom. The molecule has 0 radical (unpaired) electrons. The van der Waals surface area contributed by atoms with Crippen LogP contribution in [0.2, 0.25) is 0 Å². The molecule has 1 aliphatic heterocycles. The van der Waals surface area contributed by atoms with Gasteiger partial charge in [-0.2, -0.15) is 0 Å². The second-order valence-electron chi connectivity index (χ2n) is 8.10. The van der Waals surface area contributed by atoms with Crippen molar-refractivity contribution in [1.29, 1.82) is 0 Å². The van der Waals surface area contributed by atoms with Crippen LogP contribution in [0.1, 0.15) is 38.7 Å². The van der Waals surface area contributed by atoms with Gasteiger partial charge in [-0.15, -0.1) is 0 Å². The van der Waals surface area contributed by atoms with Gasteiger partial charge in [0.25, 0.3) is 0 Å². The zero-order valence-electron chi connectivity index (χ0n) is 16.9. The molecule has 1 heterocycles. The van der Waals surface area contributed by atoms with Gasteiger partial charge < -0.3 is 15.2 Å².